The predicted octanol–water partition coefficient (Wildman–Crippen LogP) is 5.23. The number of pyridine rings is 1. The largest absolute Gasteiger partial charge is 0.305 e. The zero-order chi connectivity index (χ0) is 23.7. The van der Waals surface area contributed by atoms with Gasteiger partial charge in [0.2, 0.25) is 0 Å². The first kappa shape index (κ1) is 21.6. The molecule has 0 saturated carbocycles. The van der Waals surface area contributed by atoms with Gasteiger partial charge in [0.05, 0.1) is 29.5 Å². The number of carbonyl (C=O) groups excluding carboxylic acids is 1. The van der Waals surface area contributed by atoms with Crippen molar-refractivity contribution in [1.29, 1.82) is 0 Å². The number of rotatable bonds is 6. The molecule has 5 rings (SSSR count). The predicted molar refractivity (Wildman–Crippen MR) is 134 cm³/mol. The molecule has 5 aromatic rings. The van der Waals surface area contributed by atoms with Gasteiger partial charge in [-0.3, -0.25) is 14.2 Å². The molecule has 0 fully saturated rings. The zero-order valence-corrected chi connectivity index (χ0v) is 19.5. The third-order valence-electron chi connectivity index (χ3n) is 6.12. The fraction of sp³-hybridized carbons (Fsp3) is 0.185. The topological polar surface area (TPSA) is 77.6 Å². The number of para-hydroxylation sites is 1. The van der Waals surface area contributed by atoms with Gasteiger partial charge in [0, 0.05) is 35.5 Å². The highest BCUT2D eigenvalue weighted by Crippen LogP contribution is 2.27. The summed E-state index contributed by atoms with van der Waals surface area (Å²) in [5.41, 5.74) is 6.38. The molecular weight excluding hydrogens is 424 g/mol. The van der Waals surface area contributed by atoms with Crippen LogP contribution in [-0.2, 0) is 13.1 Å². The molecule has 0 aliphatic rings. The van der Waals surface area contributed by atoms with Crippen LogP contribution in [-0.4, -0.2) is 30.5 Å². The van der Waals surface area contributed by atoms with Crippen LogP contribution in [0.4, 0.5) is 5.82 Å². The lowest BCUT2D eigenvalue weighted by Gasteiger charge is -2.10. The van der Waals surface area contributed by atoms with Crippen LogP contribution in [0.25, 0.3) is 22.2 Å². The van der Waals surface area contributed by atoms with Crippen molar-refractivity contribution in [1.82, 2.24) is 24.5 Å². The van der Waals surface area contributed by atoms with E-state index in [1.54, 1.807) is 0 Å². The van der Waals surface area contributed by atoms with E-state index in [1.807, 2.05) is 77.2 Å². The molecule has 170 valence electrons. The molecule has 0 saturated heterocycles. The summed E-state index contributed by atoms with van der Waals surface area (Å²) in [6, 6.07) is 19.5. The van der Waals surface area contributed by atoms with Gasteiger partial charge in [-0.2, -0.15) is 10.2 Å². The molecule has 0 bridgehead atoms. The van der Waals surface area contributed by atoms with Gasteiger partial charge in [0.15, 0.2) is 5.82 Å². The first-order valence-corrected chi connectivity index (χ1v) is 11.4. The number of benzene rings is 2. The second kappa shape index (κ2) is 8.94. The van der Waals surface area contributed by atoms with E-state index in [2.05, 4.69) is 41.5 Å². The number of fused-ring (bicyclic) bond motifs is 1. The third-order valence-corrected chi connectivity index (χ3v) is 6.12. The molecule has 1 amide bonds. The average Bonchev–Trinajstić information content (AvgIpc) is 3.45. The maximum Gasteiger partial charge on any atom is 0.257 e. The molecule has 0 aliphatic heterocycles. The average molecular weight is 451 g/mol. The van der Waals surface area contributed by atoms with Gasteiger partial charge in [-0.15, -0.1) is 0 Å². The molecule has 1 N–H and O–H groups in total. The number of hydrogen-bond donors (Lipinski definition) is 1. The second-order valence-electron chi connectivity index (χ2n) is 8.31. The van der Waals surface area contributed by atoms with E-state index in [-0.39, 0.29) is 5.91 Å². The van der Waals surface area contributed by atoms with Crippen molar-refractivity contribution in [2.45, 2.75) is 33.9 Å². The molecule has 34 heavy (non-hydrogen) atoms. The van der Waals surface area contributed by atoms with Crippen LogP contribution in [0.15, 0.2) is 73.1 Å². The maximum atomic E-state index is 13.4. The van der Waals surface area contributed by atoms with Crippen molar-refractivity contribution in [2.75, 3.05) is 5.32 Å². The highest BCUT2D eigenvalue weighted by Gasteiger charge is 2.17. The number of aryl methyl sites for hydroxylation is 2. The number of carbonyl (C=O) groups is 1. The van der Waals surface area contributed by atoms with Crippen LogP contribution in [0.2, 0.25) is 0 Å². The molecule has 0 unspecified atom stereocenters. The van der Waals surface area contributed by atoms with Crippen molar-refractivity contribution in [3.8, 4) is 11.3 Å². The van der Waals surface area contributed by atoms with E-state index in [0.717, 1.165) is 34.4 Å². The number of nitrogens with zero attached hydrogens (tertiary/aromatic N) is 5. The number of aromatic nitrogens is 5. The summed E-state index contributed by atoms with van der Waals surface area (Å²) in [5, 5.41) is 12.8. The second-order valence-corrected chi connectivity index (χ2v) is 8.31. The highest BCUT2D eigenvalue weighted by molar-refractivity contribution is 6.12. The van der Waals surface area contributed by atoms with Crippen molar-refractivity contribution in [3.05, 3.63) is 95.4 Å². The lowest BCUT2D eigenvalue weighted by atomic mass is 10.0. The summed E-state index contributed by atoms with van der Waals surface area (Å²) in [6.45, 7) is 7.57. The normalized spacial score (nSPS) is 11.1. The van der Waals surface area contributed by atoms with Gasteiger partial charge in [-0.05, 0) is 44.0 Å². The molecular formula is C27H26N6O. The summed E-state index contributed by atoms with van der Waals surface area (Å²) in [7, 11) is 0. The summed E-state index contributed by atoms with van der Waals surface area (Å²) < 4.78 is 3.75. The molecule has 7 nitrogen and oxygen atoms in total. The van der Waals surface area contributed by atoms with Crippen molar-refractivity contribution >= 4 is 22.6 Å². The Bertz CT molecular complexity index is 1500. The fourth-order valence-electron chi connectivity index (χ4n) is 4.18. The number of amides is 1. The van der Waals surface area contributed by atoms with E-state index < -0.39 is 0 Å². The van der Waals surface area contributed by atoms with Crippen LogP contribution in [0.1, 0.15) is 34.1 Å². The lowest BCUT2D eigenvalue weighted by Crippen LogP contribution is -2.14. The molecule has 0 atom stereocenters. The van der Waals surface area contributed by atoms with Crippen molar-refractivity contribution in [3.63, 3.8) is 0 Å². The Kier molecular flexibility index (Phi) is 5.67. The van der Waals surface area contributed by atoms with E-state index >= 15 is 0 Å². The molecule has 3 heterocycles. The Morgan fingerprint density at radius 1 is 1.03 bits per heavy atom. The number of anilines is 1. The van der Waals surface area contributed by atoms with Crippen LogP contribution in [0, 0.1) is 13.8 Å². The van der Waals surface area contributed by atoms with Gasteiger partial charge >= 0.3 is 0 Å². The summed E-state index contributed by atoms with van der Waals surface area (Å²) >= 11 is 0. The quantitative estimate of drug-likeness (QED) is 0.384. The van der Waals surface area contributed by atoms with E-state index in [1.165, 1.54) is 11.1 Å². The van der Waals surface area contributed by atoms with E-state index in [0.29, 0.717) is 17.9 Å². The van der Waals surface area contributed by atoms with Crippen LogP contribution < -0.4 is 5.32 Å². The Morgan fingerprint density at radius 2 is 1.82 bits per heavy atom. The molecule has 0 spiro atoms. The van der Waals surface area contributed by atoms with E-state index in [4.69, 9.17) is 4.98 Å². The Labute approximate surface area is 198 Å². The summed E-state index contributed by atoms with van der Waals surface area (Å²) in [6.07, 6.45) is 3.69. The van der Waals surface area contributed by atoms with E-state index in [9.17, 15) is 4.79 Å². The van der Waals surface area contributed by atoms with Crippen LogP contribution in [0.3, 0.4) is 0 Å². The van der Waals surface area contributed by atoms with Crippen LogP contribution in [0.5, 0.6) is 0 Å². The van der Waals surface area contributed by atoms with Gasteiger partial charge in [-0.1, -0.05) is 42.5 Å². The lowest BCUT2D eigenvalue weighted by molar-refractivity contribution is 0.102. The summed E-state index contributed by atoms with van der Waals surface area (Å²) in [4.78, 5) is 18.2. The highest BCUT2D eigenvalue weighted by atomic mass is 16.1. The Morgan fingerprint density at radius 3 is 2.62 bits per heavy atom. The molecule has 0 aliphatic carbocycles. The third kappa shape index (κ3) is 4.08. The Hall–Kier alpha value is -4.26. The minimum atomic E-state index is -0.221. The van der Waals surface area contributed by atoms with Gasteiger partial charge in [-0.25, -0.2) is 4.98 Å². The Balaban J connectivity index is 1.46. The molecule has 7 heteroatoms. The monoisotopic (exact) mass is 450 g/mol. The number of nitrogens with one attached hydrogen (secondary N) is 1. The molecule has 3 aromatic heterocycles. The van der Waals surface area contributed by atoms with Gasteiger partial charge in [0.1, 0.15) is 0 Å². The number of hydrogen-bond acceptors (Lipinski definition) is 4. The minimum absolute atomic E-state index is 0.221. The van der Waals surface area contributed by atoms with Crippen LogP contribution >= 0.6 is 0 Å². The first-order valence-electron chi connectivity index (χ1n) is 11.4. The first-order chi connectivity index (χ1) is 16.5. The fourth-order valence-corrected chi connectivity index (χ4v) is 4.18. The van der Waals surface area contributed by atoms with Gasteiger partial charge < -0.3 is 5.32 Å². The molecule has 0 radical (unpaired) electrons. The van der Waals surface area contributed by atoms with Crippen molar-refractivity contribution < 1.29 is 4.79 Å². The standard InChI is InChI=1S/C27H26N6O/c1-4-33-19(3)23(16-28-33)25-15-22(21-11-7-8-12-24(21)29-25)27(34)30-26-13-14-32(31-26)17-20-10-6-5-9-18(20)2/h5-16H,4,17H2,1-3H3,(H,30,31,34). The SMILES string of the molecule is CCn1ncc(-c2cc(C(=O)Nc3ccn(Cc4ccccc4C)n3)c3ccccc3n2)c1C. The molecule has 2 aromatic carbocycles. The minimum Gasteiger partial charge on any atom is -0.305 e. The smallest absolute Gasteiger partial charge is 0.257 e. The van der Waals surface area contributed by atoms with Crippen molar-refractivity contribution in [2.24, 2.45) is 0 Å². The maximum absolute atomic E-state index is 13.4. The zero-order valence-electron chi connectivity index (χ0n) is 19.5. The summed E-state index contributed by atoms with van der Waals surface area (Å²) in [5.74, 6) is 0.289. The van der Waals surface area contributed by atoms with Gasteiger partial charge in [0.25, 0.3) is 5.91 Å².